The molecule has 1 saturated heterocycles. The Morgan fingerprint density at radius 1 is 1.26 bits per heavy atom. The summed E-state index contributed by atoms with van der Waals surface area (Å²) >= 11 is 0. The lowest BCUT2D eigenvalue weighted by atomic mass is 10.1. The first kappa shape index (κ1) is 17.5. The van der Waals surface area contributed by atoms with E-state index in [4.69, 9.17) is 10.5 Å². The molecule has 0 saturated carbocycles. The van der Waals surface area contributed by atoms with Gasteiger partial charge in [-0.05, 0) is 33.3 Å². The molecule has 2 rings (SSSR count). The first-order chi connectivity index (χ1) is 10.8. The summed E-state index contributed by atoms with van der Waals surface area (Å²) in [5.41, 5.74) is 5.89. The van der Waals surface area contributed by atoms with Crippen molar-refractivity contribution in [2.75, 3.05) is 31.9 Å². The lowest BCUT2D eigenvalue weighted by molar-refractivity contribution is 0.0257. The van der Waals surface area contributed by atoms with Crippen molar-refractivity contribution >= 4 is 11.8 Å². The van der Waals surface area contributed by atoms with Crippen molar-refractivity contribution in [2.45, 2.75) is 39.3 Å². The van der Waals surface area contributed by atoms with Gasteiger partial charge in [0.2, 0.25) is 0 Å². The molecule has 1 aromatic carbocycles. The van der Waals surface area contributed by atoms with Gasteiger partial charge in [0, 0.05) is 38.3 Å². The molecule has 1 fully saturated rings. The van der Waals surface area contributed by atoms with E-state index in [1.54, 1.807) is 23.1 Å². The highest BCUT2D eigenvalue weighted by molar-refractivity contribution is 5.68. The van der Waals surface area contributed by atoms with Crippen molar-refractivity contribution in [1.29, 1.82) is 0 Å². The minimum atomic E-state index is -0.492. The topological polar surface area (TPSA) is 58.8 Å². The second-order valence-corrected chi connectivity index (χ2v) is 6.92. The molecule has 5 nitrogen and oxygen atoms in total. The van der Waals surface area contributed by atoms with Crippen molar-refractivity contribution in [3.05, 3.63) is 29.6 Å². The zero-order valence-corrected chi connectivity index (χ0v) is 14.1. The van der Waals surface area contributed by atoms with Crippen LogP contribution in [0, 0.1) is 5.82 Å². The second kappa shape index (κ2) is 7.17. The van der Waals surface area contributed by atoms with Gasteiger partial charge in [-0.1, -0.05) is 12.1 Å². The maximum atomic E-state index is 14.0. The molecule has 1 aliphatic heterocycles. The second-order valence-electron chi connectivity index (χ2n) is 6.92. The van der Waals surface area contributed by atoms with Crippen LogP contribution in [0.3, 0.4) is 0 Å². The Bertz CT molecular complexity index is 557. The maximum Gasteiger partial charge on any atom is 0.410 e. The first-order valence-corrected chi connectivity index (χ1v) is 7.99. The van der Waals surface area contributed by atoms with Crippen molar-refractivity contribution in [3.8, 4) is 0 Å². The van der Waals surface area contributed by atoms with E-state index in [2.05, 4.69) is 4.90 Å². The smallest absolute Gasteiger partial charge is 0.410 e. The molecule has 0 bridgehead atoms. The molecule has 23 heavy (non-hydrogen) atoms. The van der Waals surface area contributed by atoms with Crippen LogP contribution in [0.25, 0.3) is 0 Å². The Kier molecular flexibility index (Phi) is 5.46. The third-order valence-electron chi connectivity index (χ3n) is 3.74. The van der Waals surface area contributed by atoms with Crippen LogP contribution < -0.4 is 5.73 Å². The number of halogens is 1. The summed E-state index contributed by atoms with van der Waals surface area (Å²) in [6, 6.07) is 5.08. The summed E-state index contributed by atoms with van der Waals surface area (Å²) in [6.45, 7) is 8.82. The molecular formula is C17H26FN3O2. The van der Waals surface area contributed by atoms with Gasteiger partial charge < -0.3 is 15.4 Å². The van der Waals surface area contributed by atoms with Gasteiger partial charge in [0.1, 0.15) is 5.60 Å². The summed E-state index contributed by atoms with van der Waals surface area (Å²) < 4.78 is 19.4. The number of benzene rings is 1. The molecule has 128 valence electrons. The van der Waals surface area contributed by atoms with Gasteiger partial charge in [0.15, 0.2) is 5.82 Å². The Balaban J connectivity index is 1.93. The highest BCUT2D eigenvalue weighted by Crippen LogP contribution is 2.18. The maximum absolute atomic E-state index is 14.0. The van der Waals surface area contributed by atoms with Crippen LogP contribution in [0.15, 0.2) is 18.2 Å². The van der Waals surface area contributed by atoms with E-state index >= 15 is 0 Å². The molecule has 2 N–H and O–H groups in total. The van der Waals surface area contributed by atoms with Gasteiger partial charge in [-0.3, -0.25) is 4.90 Å². The molecule has 1 heterocycles. The van der Waals surface area contributed by atoms with Crippen LogP contribution in [0.2, 0.25) is 0 Å². The molecule has 1 amide bonds. The summed E-state index contributed by atoms with van der Waals surface area (Å²) in [4.78, 5) is 16.0. The molecular weight excluding hydrogens is 297 g/mol. The number of anilines is 1. The zero-order valence-electron chi connectivity index (χ0n) is 14.1. The Hall–Kier alpha value is -1.82. The molecule has 1 aliphatic rings. The van der Waals surface area contributed by atoms with Gasteiger partial charge in [-0.15, -0.1) is 0 Å². The van der Waals surface area contributed by atoms with Crippen LogP contribution >= 0.6 is 0 Å². The summed E-state index contributed by atoms with van der Waals surface area (Å²) in [7, 11) is 0. The number of amides is 1. The highest BCUT2D eigenvalue weighted by Gasteiger charge is 2.24. The van der Waals surface area contributed by atoms with Crippen LogP contribution in [-0.2, 0) is 11.3 Å². The van der Waals surface area contributed by atoms with E-state index in [1.807, 2.05) is 20.8 Å². The average molecular weight is 323 g/mol. The standard InChI is InChI=1S/C17H26FN3O2/c1-17(2,3)23-16(22)21-9-5-8-20(10-11-21)12-13-6-4-7-14(19)15(13)18/h4,6-7H,5,8-12,19H2,1-3H3. The molecule has 0 radical (unpaired) electrons. The Morgan fingerprint density at radius 2 is 2.00 bits per heavy atom. The molecule has 6 heteroatoms. The van der Waals surface area contributed by atoms with Gasteiger partial charge in [-0.25, -0.2) is 9.18 Å². The van der Waals surface area contributed by atoms with Gasteiger partial charge in [0.25, 0.3) is 0 Å². The van der Waals surface area contributed by atoms with E-state index < -0.39 is 5.60 Å². The fraction of sp³-hybridized carbons (Fsp3) is 0.588. The molecule has 0 atom stereocenters. The lowest BCUT2D eigenvalue weighted by Gasteiger charge is -2.26. The number of carbonyl (C=O) groups is 1. The predicted molar refractivity (Wildman–Crippen MR) is 88.5 cm³/mol. The fourth-order valence-corrected chi connectivity index (χ4v) is 2.60. The number of carbonyl (C=O) groups excluding carboxylic acids is 1. The number of ether oxygens (including phenoxy) is 1. The Labute approximate surface area is 137 Å². The van der Waals surface area contributed by atoms with Gasteiger partial charge in [0.05, 0.1) is 5.69 Å². The fourth-order valence-electron chi connectivity index (χ4n) is 2.60. The quantitative estimate of drug-likeness (QED) is 0.850. The minimum Gasteiger partial charge on any atom is -0.444 e. The summed E-state index contributed by atoms with van der Waals surface area (Å²) in [6.07, 6.45) is 0.554. The van der Waals surface area contributed by atoms with Crippen LogP contribution in [0.5, 0.6) is 0 Å². The summed E-state index contributed by atoms with van der Waals surface area (Å²) in [5.74, 6) is -0.347. The number of rotatable bonds is 2. The molecule has 0 aromatic heterocycles. The van der Waals surface area contributed by atoms with Gasteiger partial charge >= 0.3 is 6.09 Å². The predicted octanol–water partition coefficient (Wildman–Crippen LogP) is 2.85. The highest BCUT2D eigenvalue weighted by atomic mass is 19.1. The zero-order chi connectivity index (χ0) is 17.0. The number of hydrogen-bond donors (Lipinski definition) is 1. The molecule has 0 unspecified atom stereocenters. The monoisotopic (exact) mass is 323 g/mol. The average Bonchev–Trinajstić information content (AvgIpc) is 2.68. The molecule has 0 spiro atoms. The summed E-state index contributed by atoms with van der Waals surface area (Å²) in [5, 5.41) is 0. The lowest BCUT2D eigenvalue weighted by Crippen LogP contribution is -2.39. The van der Waals surface area contributed by atoms with Gasteiger partial charge in [-0.2, -0.15) is 0 Å². The number of nitrogens with two attached hydrogens (primary N) is 1. The number of nitrogen functional groups attached to an aromatic ring is 1. The van der Waals surface area contributed by atoms with E-state index in [-0.39, 0.29) is 17.6 Å². The van der Waals surface area contributed by atoms with Crippen LogP contribution in [0.1, 0.15) is 32.8 Å². The van der Waals surface area contributed by atoms with Crippen molar-refractivity contribution in [3.63, 3.8) is 0 Å². The largest absolute Gasteiger partial charge is 0.444 e. The van der Waals surface area contributed by atoms with Crippen LogP contribution in [-0.4, -0.2) is 47.7 Å². The third-order valence-corrected chi connectivity index (χ3v) is 3.74. The first-order valence-electron chi connectivity index (χ1n) is 7.99. The van der Waals surface area contributed by atoms with Crippen LogP contribution in [0.4, 0.5) is 14.9 Å². The van der Waals surface area contributed by atoms with E-state index in [0.29, 0.717) is 31.7 Å². The van der Waals surface area contributed by atoms with Crippen molar-refractivity contribution < 1.29 is 13.9 Å². The van der Waals surface area contributed by atoms with Crippen molar-refractivity contribution in [2.24, 2.45) is 0 Å². The van der Waals surface area contributed by atoms with Crippen molar-refractivity contribution in [1.82, 2.24) is 9.80 Å². The minimum absolute atomic E-state index is 0.174. The molecule has 0 aliphatic carbocycles. The number of nitrogens with zero attached hydrogens (tertiary/aromatic N) is 2. The van der Waals surface area contributed by atoms with E-state index in [1.165, 1.54) is 0 Å². The third kappa shape index (κ3) is 5.10. The van der Waals surface area contributed by atoms with E-state index in [0.717, 1.165) is 13.0 Å². The molecule has 1 aromatic rings. The Morgan fingerprint density at radius 3 is 2.70 bits per heavy atom. The van der Waals surface area contributed by atoms with E-state index in [9.17, 15) is 9.18 Å². The SMILES string of the molecule is CC(C)(C)OC(=O)N1CCCN(Cc2cccc(N)c2F)CC1. The number of hydrogen-bond acceptors (Lipinski definition) is 4. The normalized spacial score (nSPS) is 17.0.